The van der Waals surface area contributed by atoms with Gasteiger partial charge in [-0.3, -0.25) is 14.7 Å². The number of nitrogens with one attached hydrogen (secondary N) is 1. The number of anilines is 1. The van der Waals surface area contributed by atoms with E-state index < -0.39 is 5.97 Å². The number of likely N-dealkylation sites (N-methyl/N-ethyl adjacent to an activating group) is 1. The van der Waals surface area contributed by atoms with E-state index in [4.69, 9.17) is 9.72 Å². The minimum absolute atomic E-state index is 0.191. The summed E-state index contributed by atoms with van der Waals surface area (Å²) in [7, 11) is 0. The molecule has 1 N–H and O–H groups in total. The average Bonchev–Trinajstić information content (AvgIpc) is 2.77. The van der Waals surface area contributed by atoms with Crippen LogP contribution < -0.4 is 5.32 Å². The predicted octanol–water partition coefficient (Wildman–Crippen LogP) is 4.04. The molecule has 2 heterocycles. The number of para-hydroxylation sites is 1. The summed E-state index contributed by atoms with van der Waals surface area (Å²) >= 11 is 0. The van der Waals surface area contributed by atoms with Crippen molar-refractivity contribution < 1.29 is 14.3 Å². The van der Waals surface area contributed by atoms with Crippen molar-refractivity contribution >= 4 is 28.5 Å². The summed E-state index contributed by atoms with van der Waals surface area (Å²) in [6, 6.07) is 14.6. The van der Waals surface area contributed by atoms with Crippen LogP contribution in [0.25, 0.3) is 10.9 Å². The van der Waals surface area contributed by atoms with Gasteiger partial charge in [0, 0.05) is 41.8 Å². The quantitative estimate of drug-likeness (QED) is 0.651. The molecule has 0 aliphatic carbocycles. The van der Waals surface area contributed by atoms with Crippen LogP contribution in [0.5, 0.6) is 0 Å². The van der Waals surface area contributed by atoms with Gasteiger partial charge in [0.05, 0.1) is 23.3 Å². The van der Waals surface area contributed by atoms with Crippen LogP contribution >= 0.6 is 0 Å². The fourth-order valence-electron chi connectivity index (χ4n) is 3.91. The van der Waals surface area contributed by atoms with Crippen molar-refractivity contribution in [2.75, 3.05) is 25.0 Å². The molecule has 1 amide bonds. The largest absolute Gasteiger partial charge is 0.462 e. The fraction of sp³-hybridized carbons (Fsp3) is 0.292. The standard InChI is InChI=1S/C24H25N3O3/c1-3-27-13-12-21-19(15-27)22(18-10-5-6-11-20(18)26-21)23(28)25-17-9-7-8-16(14-17)24(29)30-4-2/h5-11,14H,3-4,12-13,15H2,1-2H3,(H,25,28). The molecule has 0 saturated heterocycles. The number of fused-ring (bicyclic) bond motifs is 2. The van der Waals surface area contributed by atoms with E-state index in [1.54, 1.807) is 31.2 Å². The number of esters is 1. The van der Waals surface area contributed by atoms with Crippen LogP contribution in [-0.2, 0) is 17.7 Å². The molecule has 154 valence electrons. The summed E-state index contributed by atoms with van der Waals surface area (Å²) < 4.78 is 5.06. The average molecular weight is 403 g/mol. The van der Waals surface area contributed by atoms with Crippen molar-refractivity contribution in [1.29, 1.82) is 0 Å². The highest BCUT2D eigenvalue weighted by atomic mass is 16.5. The van der Waals surface area contributed by atoms with Crippen LogP contribution in [0.4, 0.5) is 5.69 Å². The molecule has 0 atom stereocenters. The minimum Gasteiger partial charge on any atom is -0.462 e. The predicted molar refractivity (Wildman–Crippen MR) is 117 cm³/mol. The Morgan fingerprint density at radius 3 is 2.77 bits per heavy atom. The van der Waals surface area contributed by atoms with Crippen LogP contribution in [0, 0.1) is 0 Å². The van der Waals surface area contributed by atoms with Gasteiger partial charge in [0.25, 0.3) is 5.91 Å². The van der Waals surface area contributed by atoms with E-state index in [0.29, 0.717) is 30.0 Å². The van der Waals surface area contributed by atoms with Gasteiger partial charge in [-0.25, -0.2) is 4.79 Å². The molecule has 6 nitrogen and oxygen atoms in total. The summed E-state index contributed by atoms with van der Waals surface area (Å²) in [5.41, 5.74) is 4.43. The SMILES string of the molecule is CCOC(=O)c1cccc(NC(=O)c2c3c(nc4ccccc24)CCN(CC)C3)c1. The second kappa shape index (κ2) is 8.63. The Balaban J connectivity index is 1.73. The van der Waals surface area contributed by atoms with E-state index in [9.17, 15) is 9.59 Å². The number of rotatable bonds is 5. The van der Waals surface area contributed by atoms with Crippen molar-refractivity contribution in [3.8, 4) is 0 Å². The maximum atomic E-state index is 13.4. The number of hydrogen-bond acceptors (Lipinski definition) is 5. The Morgan fingerprint density at radius 2 is 1.97 bits per heavy atom. The molecule has 0 unspecified atom stereocenters. The lowest BCUT2D eigenvalue weighted by Gasteiger charge is -2.29. The van der Waals surface area contributed by atoms with Crippen LogP contribution in [0.1, 0.15) is 45.8 Å². The number of carbonyl (C=O) groups is 2. The van der Waals surface area contributed by atoms with Crippen molar-refractivity contribution in [3.63, 3.8) is 0 Å². The Kier molecular flexibility index (Phi) is 5.77. The third kappa shape index (κ3) is 3.91. The van der Waals surface area contributed by atoms with Gasteiger partial charge in [-0.1, -0.05) is 31.2 Å². The molecule has 1 aliphatic heterocycles. The Labute approximate surface area is 175 Å². The minimum atomic E-state index is -0.404. The third-order valence-corrected chi connectivity index (χ3v) is 5.43. The Morgan fingerprint density at radius 1 is 1.13 bits per heavy atom. The lowest BCUT2D eigenvalue weighted by atomic mass is 9.95. The highest BCUT2D eigenvalue weighted by Gasteiger charge is 2.25. The molecule has 0 saturated carbocycles. The molecular formula is C24H25N3O3. The first-order valence-corrected chi connectivity index (χ1v) is 10.3. The van der Waals surface area contributed by atoms with E-state index in [2.05, 4.69) is 17.1 Å². The number of aromatic nitrogens is 1. The van der Waals surface area contributed by atoms with Crippen molar-refractivity contribution in [1.82, 2.24) is 9.88 Å². The van der Waals surface area contributed by atoms with Gasteiger partial charge < -0.3 is 10.1 Å². The summed E-state index contributed by atoms with van der Waals surface area (Å²) in [6.07, 6.45) is 0.826. The maximum absolute atomic E-state index is 13.4. The van der Waals surface area contributed by atoms with Crippen LogP contribution in [-0.4, -0.2) is 41.5 Å². The highest BCUT2D eigenvalue weighted by molar-refractivity contribution is 6.13. The summed E-state index contributed by atoms with van der Waals surface area (Å²) in [6.45, 7) is 6.76. The van der Waals surface area contributed by atoms with E-state index in [-0.39, 0.29) is 5.91 Å². The zero-order valence-electron chi connectivity index (χ0n) is 17.3. The number of pyridine rings is 1. The number of ether oxygens (including phenoxy) is 1. The van der Waals surface area contributed by atoms with Gasteiger partial charge in [-0.05, 0) is 37.7 Å². The van der Waals surface area contributed by atoms with Gasteiger partial charge in [-0.2, -0.15) is 0 Å². The molecular weight excluding hydrogens is 378 g/mol. The summed E-state index contributed by atoms with van der Waals surface area (Å²) in [5, 5.41) is 3.82. The van der Waals surface area contributed by atoms with Crippen LogP contribution in [0.2, 0.25) is 0 Å². The third-order valence-electron chi connectivity index (χ3n) is 5.43. The molecule has 1 aliphatic rings. The second-order valence-electron chi connectivity index (χ2n) is 7.30. The van der Waals surface area contributed by atoms with E-state index in [0.717, 1.165) is 41.7 Å². The first-order chi connectivity index (χ1) is 14.6. The van der Waals surface area contributed by atoms with E-state index in [1.807, 2.05) is 24.3 Å². The molecule has 6 heteroatoms. The molecule has 3 aromatic rings. The van der Waals surface area contributed by atoms with E-state index >= 15 is 0 Å². The van der Waals surface area contributed by atoms with Gasteiger partial charge in [0.2, 0.25) is 0 Å². The molecule has 4 rings (SSSR count). The molecule has 0 bridgehead atoms. The van der Waals surface area contributed by atoms with Crippen LogP contribution in [0.3, 0.4) is 0 Å². The van der Waals surface area contributed by atoms with E-state index in [1.165, 1.54) is 0 Å². The van der Waals surface area contributed by atoms with Gasteiger partial charge >= 0.3 is 5.97 Å². The lowest BCUT2D eigenvalue weighted by molar-refractivity contribution is 0.0526. The number of benzene rings is 2. The van der Waals surface area contributed by atoms with Gasteiger partial charge in [0.1, 0.15) is 0 Å². The van der Waals surface area contributed by atoms with Gasteiger partial charge in [0.15, 0.2) is 0 Å². The summed E-state index contributed by atoms with van der Waals surface area (Å²) in [5.74, 6) is -0.595. The van der Waals surface area contributed by atoms with Crippen molar-refractivity contribution in [2.24, 2.45) is 0 Å². The zero-order valence-corrected chi connectivity index (χ0v) is 17.3. The molecule has 30 heavy (non-hydrogen) atoms. The van der Waals surface area contributed by atoms with Gasteiger partial charge in [-0.15, -0.1) is 0 Å². The molecule has 0 radical (unpaired) electrons. The fourth-order valence-corrected chi connectivity index (χ4v) is 3.91. The molecule has 0 fully saturated rings. The number of carbonyl (C=O) groups excluding carboxylic acids is 2. The van der Waals surface area contributed by atoms with Crippen LogP contribution in [0.15, 0.2) is 48.5 Å². The monoisotopic (exact) mass is 403 g/mol. The molecule has 0 spiro atoms. The maximum Gasteiger partial charge on any atom is 0.338 e. The first-order valence-electron chi connectivity index (χ1n) is 10.3. The first kappa shape index (κ1) is 20.0. The number of amides is 1. The smallest absolute Gasteiger partial charge is 0.338 e. The zero-order chi connectivity index (χ0) is 21.1. The topological polar surface area (TPSA) is 71.5 Å². The number of hydrogen-bond donors (Lipinski definition) is 1. The van der Waals surface area contributed by atoms with Crippen molar-refractivity contribution in [3.05, 3.63) is 70.9 Å². The normalized spacial score (nSPS) is 13.7. The Hall–Kier alpha value is -3.25. The number of nitrogens with zero attached hydrogens (tertiary/aromatic N) is 2. The highest BCUT2D eigenvalue weighted by Crippen LogP contribution is 2.29. The Bertz CT molecular complexity index is 1110. The summed E-state index contributed by atoms with van der Waals surface area (Å²) in [4.78, 5) is 32.6. The van der Waals surface area contributed by atoms with Crippen molar-refractivity contribution in [2.45, 2.75) is 26.8 Å². The molecule has 2 aromatic carbocycles. The second-order valence-corrected chi connectivity index (χ2v) is 7.30. The lowest BCUT2D eigenvalue weighted by Crippen LogP contribution is -2.33. The molecule has 1 aromatic heterocycles.